The first-order chi connectivity index (χ1) is 7.49. The van der Waals surface area contributed by atoms with E-state index in [1.807, 2.05) is 0 Å². The van der Waals surface area contributed by atoms with E-state index in [0.29, 0.717) is 5.56 Å². The summed E-state index contributed by atoms with van der Waals surface area (Å²) >= 11 is 0. The number of primary amides is 1. The van der Waals surface area contributed by atoms with Crippen molar-refractivity contribution in [1.82, 2.24) is 4.72 Å². The van der Waals surface area contributed by atoms with Crippen molar-refractivity contribution in [3.05, 3.63) is 29.8 Å². The Morgan fingerprint density at radius 3 is 2.25 bits per heavy atom. The first-order valence-corrected chi connectivity index (χ1v) is 6.39. The van der Waals surface area contributed by atoms with Gasteiger partial charge in [-0.3, -0.25) is 4.79 Å². The molecule has 16 heavy (non-hydrogen) atoms. The lowest BCUT2D eigenvalue weighted by Gasteiger charge is -2.05. The standard InChI is InChI=1S/C10H12N2O3S/c11-10(13)7-1-5-9(6-2-7)16(14,15)12-8-3-4-8/h1-2,5-6,8,12H,3-4H2,(H2,11,13). The average molecular weight is 240 g/mol. The molecule has 1 aromatic rings. The molecular weight excluding hydrogens is 228 g/mol. The second kappa shape index (κ2) is 3.88. The fourth-order valence-electron chi connectivity index (χ4n) is 1.29. The Hall–Kier alpha value is -1.40. The van der Waals surface area contributed by atoms with Crippen molar-refractivity contribution >= 4 is 15.9 Å². The molecule has 0 bridgehead atoms. The van der Waals surface area contributed by atoms with Crippen LogP contribution in [0.2, 0.25) is 0 Å². The molecule has 3 N–H and O–H groups in total. The average Bonchev–Trinajstić information content (AvgIpc) is 3.01. The molecule has 1 aromatic carbocycles. The van der Waals surface area contributed by atoms with E-state index in [1.165, 1.54) is 24.3 Å². The highest BCUT2D eigenvalue weighted by Crippen LogP contribution is 2.22. The number of nitrogens with one attached hydrogen (secondary N) is 1. The maximum absolute atomic E-state index is 11.7. The quantitative estimate of drug-likeness (QED) is 0.789. The van der Waals surface area contributed by atoms with Gasteiger partial charge in [-0.2, -0.15) is 0 Å². The third-order valence-electron chi connectivity index (χ3n) is 2.35. The van der Waals surface area contributed by atoms with Crippen molar-refractivity contribution in [3.63, 3.8) is 0 Å². The molecule has 0 heterocycles. The summed E-state index contributed by atoms with van der Waals surface area (Å²) in [5.74, 6) is -0.570. The minimum absolute atomic E-state index is 0.0702. The van der Waals surface area contributed by atoms with Gasteiger partial charge in [-0.15, -0.1) is 0 Å². The highest BCUT2D eigenvalue weighted by atomic mass is 32.2. The van der Waals surface area contributed by atoms with Gasteiger partial charge in [-0.25, -0.2) is 13.1 Å². The highest BCUT2D eigenvalue weighted by Gasteiger charge is 2.27. The van der Waals surface area contributed by atoms with Crippen LogP contribution in [0.1, 0.15) is 23.2 Å². The molecule has 2 rings (SSSR count). The number of sulfonamides is 1. The Balaban J connectivity index is 2.23. The van der Waals surface area contributed by atoms with Crippen LogP contribution >= 0.6 is 0 Å². The number of hydrogen-bond acceptors (Lipinski definition) is 3. The molecule has 0 aromatic heterocycles. The Bertz CT molecular complexity index is 503. The monoisotopic (exact) mass is 240 g/mol. The first kappa shape index (κ1) is 11.1. The van der Waals surface area contributed by atoms with Crippen molar-refractivity contribution in [2.24, 2.45) is 5.73 Å². The summed E-state index contributed by atoms with van der Waals surface area (Å²) in [6, 6.07) is 5.64. The lowest BCUT2D eigenvalue weighted by Crippen LogP contribution is -2.25. The number of amides is 1. The SMILES string of the molecule is NC(=O)c1ccc(S(=O)(=O)NC2CC2)cc1. The molecule has 0 spiro atoms. The normalized spacial score (nSPS) is 16.0. The zero-order chi connectivity index (χ0) is 11.8. The van der Waals surface area contributed by atoms with E-state index < -0.39 is 15.9 Å². The molecule has 0 radical (unpaired) electrons. The minimum Gasteiger partial charge on any atom is -0.366 e. The third-order valence-corrected chi connectivity index (χ3v) is 3.88. The molecule has 0 saturated heterocycles. The summed E-state index contributed by atoms with van der Waals surface area (Å²) < 4.78 is 26.0. The molecule has 1 saturated carbocycles. The number of carbonyl (C=O) groups is 1. The van der Waals surface area contributed by atoms with Crippen LogP contribution in [-0.4, -0.2) is 20.4 Å². The predicted molar refractivity (Wildman–Crippen MR) is 58.3 cm³/mol. The molecule has 6 heteroatoms. The van der Waals surface area contributed by atoms with Gasteiger partial charge in [0.1, 0.15) is 0 Å². The Morgan fingerprint density at radius 2 is 1.81 bits per heavy atom. The number of carbonyl (C=O) groups excluding carboxylic acids is 1. The molecule has 0 aliphatic heterocycles. The molecule has 1 fully saturated rings. The predicted octanol–water partition coefficient (Wildman–Crippen LogP) is 0.226. The number of hydrogen-bond donors (Lipinski definition) is 2. The van der Waals surface area contributed by atoms with Gasteiger partial charge in [0.15, 0.2) is 0 Å². The summed E-state index contributed by atoms with van der Waals surface area (Å²) in [6.07, 6.45) is 1.77. The molecular formula is C10H12N2O3S. The van der Waals surface area contributed by atoms with Crippen molar-refractivity contribution in [2.45, 2.75) is 23.8 Å². The summed E-state index contributed by atoms with van der Waals surface area (Å²) in [5.41, 5.74) is 5.36. The van der Waals surface area contributed by atoms with Crippen LogP contribution in [0.3, 0.4) is 0 Å². The van der Waals surface area contributed by atoms with Gasteiger partial charge in [0, 0.05) is 11.6 Å². The molecule has 1 aliphatic carbocycles. The topological polar surface area (TPSA) is 89.3 Å². The molecule has 0 atom stereocenters. The van der Waals surface area contributed by atoms with Gasteiger partial charge >= 0.3 is 0 Å². The van der Waals surface area contributed by atoms with E-state index in [1.54, 1.807) is 0 Å². The van der Waals surface area contributed by atoms with Crippen LogP contribution in [0, 0.1) is 0 Å². The van der Waals surface area contributed by atoms with Crippen LogP contribution in [0.15, 0.2) is 29.2 Å². The van der Waals surface area contributed by atoms with Gasteiger partial charge in [0.2, 0.25) is 15.9 Å². The van der Waals surface area contributed by atoms with Crippen LogP contribution < -0.4 is 10.5 Å². The van der Waals surface area contributed by atoms with Crippen molar-refractivity contribution in [3.8, 4) is 0 Å². The summed E-state index contributed by atoms with van der Waals surface area (Å²) in [4.78, 5) is 11.0. The zero-order valence-corrected chi connectivity index (χ0v) is 9.33. The summed E-state index contributed by atoms with van der Waals surface area (Å²) in [5, 5.41) is 0. The lowest BCUT2D eigenvalue weighted by molar-refractivity contribution is 0.1000. The smallest absolute Gasteiger partial charge is 0.248 e. The second-order valence-electron chi connectivity index (χ2n) is 3.78. The zero-order valence-electron chi connectivity index (χ0n) is 8.51. The van der Waals surface area contributed by atoms with Crippen molar-refractivity contribution in [1.29, 1.82) is 0 Å². The van der Waals surface area contributed by atoms with Crippen LogP contribution in [0.25, 0.3) is 0 Å². The molecule has 0 unspecified atom stereocenters. The third kappa shape index (κ3) is 2.40. The van der Waals surface area contributed by atoms with Gasteiger partial charge in [0.25, 0.3) is 0 Å². The van der Waals surface area contributed by atoms with E-state index >= 15 is 0 Å². The fraction of sp³-hybridized carbons (Fsp3) is 0.300. The largest absolute Gasteiger partial charge is 0.366 e. The lowest BCUT2D eigenvalue weighted by atomic mass is 10.2. The van der Waals surface area contributed by atoms with E-state index in [4.69, 9.17) is 5.73 Å². The van der Waals surface area contributed by atoms with Crippen LogP contribution in [-0.2, 0) is 10.0 Å². The Morgan fingerprint density at radius 1 is 1.25 bits per heavy atom. The van der Waals surface area contributed by atoms with Gasteiger partial charge in [-0.05, 0) is 37.1 Å². The first-order valence-electron chi connectivity index (χ1n) is 4.91. The van der Waals surface area contributed by atoms with Crippen LogP contribution in [0.5, 0.6) is 0 Å². The molecule has 5 nitrogen and oxygen atoms in total. The fourth-order valence-corrected chi connectivity index (χ4v) is 2.59. The van der Waals surface area contributed by atoms with Gasteiger partial charge in [0.05, 0.1) is 4.90 Å². The van der Waals surface area contributed by atoms with Gasteiger partial charge < -0.3 is 5.73 Å². The number of nitrogens with two attached hydrogens (primary N) is 1. The second-order valence-corrected chi connectivity index (χ2v) is 5.50. The van der Waals surface area contributed by atoms with E-state index in [-0.39, 0.29) is 10.9 Å². The maximum atomic E-state index is 11.7. The van der Waals surface area contributed by atoms with Crippen LogP contribution in [0.4, 0.5) is 0 Å². The summed E-state index contributed by atoms with van der Waals surface area (Å²) in [6.45, 7) is 0. The molecule has 1 aliphatic rings. The van der Waals surface area contributed by atoms with Gasteiger partial charge in [-0.1, -0.05) is 0 Å². The Kier molecular flexibility index (Phi) is 2.69. The van der Waals surface area contributed by atoms with Crippen molar-refractivity contribution < 1.29 is 13.2 Å². The number of benzene rings is 1. The van der Waals surface area contributed by atoms with Crippen molar-refractivity contribution in [2.75, 3.05) is 0 Å². The minimum atomic E-state index is -3.44. The Labute approximate surface area is 93.7 Å². The molecule has 1 amide bonds. The van der Waals surface area contributed by atoms with E-state index in [2.05, 4.69) is 4.72 Å². The maximum Gasteiger partial charge on any atom is 0.248 e. The van der Waals surface area contributed by atoms with E-state index in [9.17, 15) is 13.2 Å². The summed E-state index contributed by atoms with van der Waals surface area (Å²) in [7, 11) is -3.44. The highest BCUT2D eigenvalue weighted by molar-refractivity contribution is 7.89. The van der Waals surface area contributed by atoms with E-state index in [0.717, 1.165) is 12.8 Å². The number of rotatable bonds is 4. The molecule has 86 valence electrons.